The summed E-state index contributed by atoms with van der Waals surface area (Å²) >= 11 is 2.06. The smallest absolute Gasteiger partial charge is 0.160 e. The van der Waals surface area contributed by atoms with Gasteiger partial charge in [-0.1, -0.05) is 0 Å². The summed E-state index contributed by atoms with van der Waals surface area (Å²) in [4.78, 5) is 9.49. The summed E-state index contributed by atoms with van der Waals surface area (Å²) in [5.41, 5.74) is 2.05. The molecule has 2 aromatic rings. The second kappa shape index (κ2) is 5.97. The number of imidazole rings is 1. The molecule has 0 aromatic carbocycles. The van der Waals surface area contributed by atoms with E-state index in [1.54, 1.807) is 0 Å². The van der Waals surface area contributed by atoms with Crippen molar-refractivity contribution < 1.29 is 4.74 Å². The predicted molar refractivity (Wildman–Crippen MR) is 85.7 cm³/mol. The van der Waals surface area contributed by atoms with Crippen molar-refractivity contribution in [1.29, 1.82) is 0 Å². The standard InChI is InChI=1S/C16H21N3OS/c1-2-9-20-14(5-1)16-18-13-4-3-8-17-15(13)19(16)12-6-10-21-11-7-12/h3-4,8,12,14H,1-2,5-7,9-11H2. The van der Waals surface area contributed by atoms with Gasteiger partial charge in [-0.25, -0.2) is 9.97 Å². The molecule has 0 N–H and O–H groups in total. The molecule has 1 atom stereocenters. The highest BCUT2D eigenvalue weighted by atomic mass is 32.2. The fourth-order valence-electron chi connectivity index (χ4n) is 3.42. The Hall–Kier alpha value is -1.07. The van der Waals surface area contributed by atoms with Crippen molar-refractivity contribution in [2.45, 2.75) is 44.2 Å². The van der Waals surface area contributed by atoms with Gasteiger partial charge in [-0.3, -0.25) is 0 Å². The summed E-state index contributed by atoms with van der Waals surface area (Å²) < 4.78 is 8.40. The zero-order chi connectivity index (χ0) is 14.1. The average molecular weight is 303 g/mol. The maximum atomic E-state index is 6.01. The number of thioether (sulfide) groups is 1. The first-order chi connectivity index (χ1) is 10.4. The minimum atomic E-state index is 0.155. The van der Waals surface area contributed by atoms with E-state index in [0.717, 1.165) is 30.0 Å². The molecule has 0 aliphatic carbocycles. The third-order valence-corrected chi connectivity index (χ3v) is 5.55. The van der Waals surface area contributed by atoms with Gasteiger partial charge < -0.3 is 9.30 Å². The molecular weight excluding hydrogens is 282 g/mol. The highest BCUT2D eigenvalue weighted by Gasteiger charge is 2.28. The lowest BCUT2D eigenvalue weighted by atomic mass is 10.1. The van der Waals surface area contributed by atoms with E-state index in [4.69, 9.17) is 9.72 Å². The number of rotatable bonds is 2. The van der Waals surface area contributed by atoms with E-state index in [1.807, 2.05) is 12.3 Å². The van der Waals surface area contributed by atoms with Gasteiger partial charge in [-0.05, 0) is 55.7 Å². The van der Waals surface area contributed by atoms with E-state index in [2.05, 4.69) is 27.4 Å². The Morgan fingerprint density at radius 2 is 2.10 bits per heavy atom. The van der Waals surface area contributed by atoms with Crippen LogP contribution in [0.4, 0.5) is 0 Å². The second-order valence-corrected chi connectivity index (χ2v) is 7.11. The molecule has 0 saturated carbocycles. The van der Waals surface area contributed by atoms with Crippen molar-refractivity contribution in [1.82, 2.24) is 14.5 Å². The monoisotopic (exact) mass is 303 g/mol. The van der Waals surface area contributed by atoms with Crippen LogP contribution < -0.4 is 0 Å². The van der Waals surface area contributed by atoms with Crippen LogP contribution in [0.3, 0.4) is 0 Å². The Kier molecular flexibility index (Phi) is 3.86. The van der Waals surface area contributed by atoms with Gasteiger partial charge in [0.25, 0.3) is 0 Å². The molecule has 21 heavy (non-hydrogen) atoms. The predicted octanol–water partition coefficient (Wildman–Crippen LogP) is 3.74. The Bertz CT molecular complexity index is 615. The molecule has 2 fully saturated rings. The molecule has 112 valence electrons. The van der Waals surface area contributed by atoms with Crippen LogP contribution in [0.2, 0.25) is 0 Å². The third-order valence-electron chi connectivity index (χ3n) is 4.50. The van der Waals surface area contributed by atoms with Crippen LogP contribution in [0.1, 0.15) is 50.1 Å². The second-order valence-electron chi connectivity index (χ2n) is 5.88. The van der Waals surface area contributed by atoms with E-state index >= 15 is 0 Å². The van der Waals surface area contributed by atoms with Crippen LogP contribution in [-0.2, 0) is 4.74 Å². The zero-order valence-electron chi connectivity index (χ0n) is 12.2. The molecule has 2 aliphatic rings. The van der Waals surface area contributed by atoms with Gasteiger partial charge in [0.15, 0.2) is 5.65 Å². The fraction of sp³-hybridized carbons (Fsp3) is 0.625. The maximum absolute atomic E-state index is 6.01. The van der Waals surface area contributed by atoms with Gasteiger partial charge in [0, 0.05) is 18.8 Å². The Morgan fingerprint density at radius 1 is 1.19 bits per heavy atom. The quantitative estimate of drug-likeness (QED) is 0.847. The minimum absolute atomic E-state index is 0.155. The van der Waals surface area contributed by atoms with E-state index in [1.165, 1.54) is 37.2 Å². The normalized spacial score (nSPS) is 24.5. The molecular formula is C16H21N3OS. The van der Waals surface area contributed by atoms with Crippen molar-refractivity contribution in [2.75, 3.05) is 18.1 Å². The molecule has 0 radical (unpaired) electrons. The van der Waals surface area contributed by atoms with Gasteiger partial charge in [0.1, 0.15) is 17.4 Å². The van der Waals surface area contributed by atoms with E-state index in [9.17, 15) is 0 Å². The first-order valence-electron chi connectivity index (χ1n) is 7.95. The SMILES string of the molecule is c1cnc2c(c1)nc(C1CCCCO1)n2C1CCSCC1. The molecule has 0 amide bonds. The number of hydrogen-bond donors (Lipinski definition) is 0. The fourth-order valence-corrected chi connectivity index (χ4v) is 4.50. The summed E-state index contributed by atoms with van der Waals surface area (Å²) in [6.07, 6.45) is 7.96. The largest absolute Gasteiger partial charge is 0.370 e. The number of nitrogens with zero attached hydrogens (tertiary/aromatic N) is 3. The molecule has 0 bridgehead atoms. The zero-order valence-corrected chi connectivity index (χ0v) is 13.0. The van der Waals surface area contributed by atoms with Crippen LogP contribution in [0.25, 0.3) is 11.2 Å². The molecule has 4 rings (SSSR count). The highest BCUT2D eigenvalue weighted by molar-refractivity contribution is 7.99. The Balaban J connectivity index is 1.79. The van der Waals surface area contributed by atoms with Crippen LogP contribution in [0, 0.1) is 0 Å². The van der Waals surface area contributed by atoms with Crippen LogP contribution in [0.5, 0.6) is 0 Å². The molecule has 2 aromatic heterocycles. The molecule has 4 heterocycles. The molecule has 0 spiro atoms. The Labute approximate surface area is 129 Å². The number of ether oxygens (including phenoxy) is 1. The lowest BCUT2D eigenvalue weighted by Crippen LogP contribution is -2.22. The number of pyridine rings is 1. The van der Waals surface area contributed by atoms with Crippen molar-refractivity contribution in [3.05, 3.63) is 24.2 Å². The van der Waals surface area contributed by atoms with Crippen molar-refractivity contribution in [3.8, 4) is 0 Å². The van der Waals surface area contributed by atoms with Crippen LogP contribution in [0.15, 0.2) is 18.3 Å². The first-order valence-corrected chi connectivity index (χ1v) is 9.11. The van der Waals surface area contributed by atoms with E-state index < -0.39 is 0 Å². The van der Waals surface area contributed by atoms with E-state index in [-0.39, 0.29) is 6.10 Å². The van der Waals surface area contributed by atoms with Gasteiger partial charge >= 0.3 is 0 Å². The molecule has 1 unspecified atom stereocenters. The molecule has 5 heteroatoms. The maximum Gasteiger partial charge on any atom is 0.160 e. The van der Waals surface area contributed by atoms with Crippen LogP contribution in [-0.4, -0.2) is 32.6 Å². The number of hydrogen-bond acceptors (Lipinski definition) is 4. The van der Waals surface area contributed by atoms with Gasteiger partial charge in [0.2, 0.25) is 0 Å². The first kappa shape index (κ1) is 13.6. The lowest BCUT2D eigenvalue weighted by Gasteiger charge is -2.28. The Morgan fingerprint density at radius 3 is 2.90 bits per heavy atom. The van der Waals surface area contributed by atoms with Crippen molar-refractivity contribution >= 4 is 22.9 Å². The van der Waals surface area contributed by atoms with Gasteiger partial charge in [0.05, 0.1) is 0 Å². The highest BCUT2D eigenvalue weighted by Crippen LogP contribution is 2.35. The summed E-state index contributed by atoms with van der Waals surface area (Å²) in [6.45, 7) is 0.863. The van der Waals surface area contributed by atoms with Gasteiger partial charge in [-0.15, -0.1) is 0 Å². The molecule has 4 nitrogen and oxygen atoms in total. The van der Waals surface area contributed by atoms with Crippen LogP contribution >= 0.6 is 11.8 Å². The minimum Gasteiger partial charge on any atom is -0.370 e. The number of aromatic nitrogens is 3. The van der Waals surface area contributed by atoms with Crippen molar-refractivity contribution in [3.63, 3.8) is 0 Å². The molecule has 2 saturated heterocycles. The summed E-state index contributed by atoms with van der Waals surface area (Å²) in [6, 6.07) is 4.58. The summed E-state index contributed by atoms with van der Waals surface area (Å²) in [5, 5.41) is 0. The lowest BCUT2D eigenvalue weighted by molar-refractivity contribution is 0.00668. The summed E-state index contributed by atoms with van der Waals surface area (Å²) in [7, 11) is 0. The summed E-state index contributed by atoms with van der Waals surface area (Å²) in [5.74, 6) is 3.59. The average Bonchev–Trinajstić information content (AvgIpc) is 2.96. The number of fused-ring (bicyclic) bond motifs is 1. The van der Waals surface area contributed by atoms with Crippen molar-refractivity contribution in [2.24, 2.45) is 0 Å². The van der Waals surface area contributed by atoms with Gasteiger partial charge in [-0.2, -0.15) is 11.8 Å². The van der Waals surface area contributed by atoms with E-state index in [0.29, 0.717) is 6.04 Å². The topological polar surface area (TPSA) is 39.9 Å². The third kappa shape index (κ3) is 2.57. The molecule has 2 aliphatic heterocycles.